The van der Waals surface area contributed by atoms with Crippen LogP contribution >= 0.6 is 0 Å². The van der Waals surface area contributed by atoms with Crippen LogP contribution < -0.4 is 5.32 Å². The van der Waals surface area contributed by atoms with E-state index in [0.29, 0.717) is 5.56 Å². The van der Waals surface area contributed by atoms with Crippen molar-refractivity contribution in [3.63, 3.8) is 0 Å². The van der Waals surface area contributed by atoms with Gasteiger partial charge in [-0.05, 0) is 35.7 Å². The minimum Gasteiger partial charge on any atom is -0.452 e. The van der Waals surface area contributed by atoms with E-state index in [0.717, 1.165) is 23.6 Å². The summed E-state index contributed by atoms with van der Waals surface area (Å²) in [6.07, 6.45) is 1.99. The summed E-state index contributed by atoms with van der Waals surface area (Å²) in [6, 6.07) is 13.2. The first-order valence-electron chi connectivity index (χ1n) is 8.22. The Morgan fingerprint density at radius 1 is 1.12 bits per heavy atom. The van der Waals surface area contributed by atoms with E-state index in [4.69, 9.17) is 4.74 Å². The largest absolute Gasteiger partial charge is 0.452 e. The Morgan fingerprint density at radius 2 is 1.84 bits per heavy atom. The van der Waals surface area contributed by atoms with E-state index in [9.17, 15) is 14.4 Å². The van der Waals surface area contributed by atoms with E-state index >= 15 is 0 Å². The average molecular weight is 340 g/mol. The van der Waals surface area contributed by atoms with Crippen LogP contribution in [0.2, 0.25) is 0 Å². The van der Waals surface area contributed by atoms with E-state index in [2.05, 4.69) is 5.32 Å². The molecule has 1 aliphatic rings. The third kappa shape index (κ3) is 4.56. The highest BCUT2D eigenvalue weighted by atomic mass is 16.5. The number of benzene rings is 2. The van der Waals surface area contributed by atoms with E-state index in [-0.39, 0.29) is 18.5 Å². The normalized spacial score (nSPS) is 13.3. The van der Waals surface area contributed by atoms with Gasteiger partial charge in [-0.3, -0.25) is 9.59 Å². The molecule has 3 rings (SSSR count). The number of nitrogens with one attached hydrogen (secondary N) is 1. The monoisotopic (exact) mass is 340 g/mol. The predicted octanol–water partition coefficient (Wildman–Crippen LogP) is 1.73. The van der Waals surface area contributed by atoms with Crippen molar-refractivity contribution in [2.24, 2.45) is 0 Å². The second-order valence-electron chi connectivity index (χ2n) is 6.23. The fourth-order valence-corrected chi connectivity index (χ4v) is 2.44. The van der Waals surface area contributed by atoms with Gasteiger partial charge in [0.15, 0.2) is 6.61 Å². The fourth-order valence-electron chi connectivity index (χ4n) is 2.44. The molecule has 130 valence electrons. The van der Waals surface area contributed by atoms with Crippen LogP contribution in [0.4, 0.5) is 0 Å². The third-order valence-corrected chi connectivity index (χ3v) is 4.06. The molecule has 2 aromatic carbocycles. The Kier molecular flexibility index (Phi) is 4.97. The van der Waals surface area contributed by atoms with Crippen molar-refractivity contribution >= 4 is 28.6 Å². The van der Waals surface area contributed by atoms with Crippen LogP contribution in [-0.4, -0.2) is 48.9 Å². The Labute approximate surface area is 145 Å². The van der Waals surface area contributed by atoms with E-state index in [1.807, 2.05) is 30.3 Å². The zero-order valence-corrected chi connectivity index (χ0v) is 14.0. The molecule has 0 spiro atoms. The van der Waals surface area contributed by atoms with Crippen molar-refractivity contribution in [2.75, 3.05) is 20.2 Å². The number of rotatable bonds is 6. The summed E-state index contributed by atoms with van der Waals surface area (Å²) in [5, 5.41) is 4.76. The minimum atomic E-state index is -0.560. The number of fused-ring (bicyclic) bond motifs is 1. The quantitative estimate of drug-likeness (QED) is 0.813. The highest BCUT2D eigenvalue weighted by Crippen LogP contribution is 2.18. The summed E-state index contributed by atoms with van der Waals surface area (Å²) in [5.74, 6) is -1.17. The van der Waals surface area contributed by atoms with Crippen LogP contribution in [0, 0.1) is 0 Å². The summed E-state index contributed by atoms with van der Waals surface area (Å²) in [5.41, 5.74) is 0.389. The van der Waals surface area contributed by atoms with Crippen molar-refractivity contribution in [3.8, 4) is 0 Å². The number of nitrogens with zero attached hydrogens (tertiary/aromatic N) is 1. The molecule has 1 N–H and O–H groups in total. The van der Waals surface area contributed by atoms with E-state index in [1.165, 1.54) is 11.9 Å². The van der Waals surface area contributed by atoms with Gasteiger partial charge in [-0.2, -0.15) is 0 Å². The maximum Gasteiger partial charge on any atom is 0.338 e. The molecule has 2 amide bonds. The van der Waals surface area contributed by atoms with Crippen molar-refractivity contribution < 1.29 is 19.1 Å². The number of hydrogen-bond acceptors (Lipinski definition) is 4. The average Bonchev–Trinajstić information content (AvgIpc) is 3.42. The molecule has 6 nitrogen and oxygen atoms in total. The molecule has 1 aliphatic carbocycles. The van der Waals surface area contributed by atoms with Crippen LogP contribution in [0.1, 0.15) is 23.2 Å². The number of carbonyl (C=O) groups excluding carboxylic acids is 3. The van der Waals surface area contributed by atoms with Gasteiger partial charge in [0.2, 0.25) is 5.91 Å². The van der Waals surface area contributed by atoms with E-state index < -0.39 is 18.5 Å². The number of ether oxygens (including phenoxy) is 1. The molecule has 1 saturated carbocycles. The third-order valence-electron chi connectivity index (χ3n) is 4.06. The molecule has 0 radical (unpaired) electrons. The first-order chi connectivity index (χ1) is 12.0. The number of hydrogen-bond donors (Lipinski definition) is 1. The summed E-state index contributed by atoms with van der Waals surface area (Å²) in [4.78, 5) is 37.1. The zero-order valence-electron chi connectivity index (χ0n) is 14.0. The molecule has 0 unspecified atom stereocenters. The number of esters is 1. The standard InChI is InChI=1S/C19H20N2O4/c1-21(11-17(22)20-16-8-9-16)18(23)12-25-19(24)15-7-6-13-4-2-3-5-14(13)10-15/h2-7,10,16H,8-9,11-12H2,1H3,(H,20,22). The second-order valence-corrected chi connectivity index (χ2v) is 6.23. The van der Waals surface area contributed by atoms with Gasteiger partial charge in [-0.1, -0.05) is 30.3 Å². The minimum absolute atomic E-state index is 0.0388. The Bertz CT molecular complexity index is 814. The highest BCUT2D eigenvalue weighted by molar-refractivity contribution is 5.96. The zero-order chi connectivity index (χ0) is 17.8. The smallest absolute Gasteiger partial charge is 0.338 e. The summed E-state index contributed by atoms with van der Waals surface area (Å²) < 4.78 is 5.07. The Morgan fingerprint density at radius 3 is 2.56 bits per heavy atom. The molecule has 2 aromatic rings. The summed E-state index contributed by atoms with van der Waals surface area (Å²) >= 11 is 0. The first-order valence-corrected chi connectivity index (χ1v) is 8.22. The summed E-state index contributed by atoms with van der Waals surface area (Å²) in [6.45, 7) is -0.429. The summed E-state index contributed by atoms with van der Waals surface area (Å²) in [7, 11) is 1.51. The van der Waals surface area contributed by atoms with E-state index in [1.54, 1.807) is 12.1 Å². The SMILES string of the molecule is CN(CC(=O)NC1CC1)C(=O)COC(=O)c1ccc2ccccc2c1. The Hall–Kier alpha value is -2.89. The number of carbonyl (C=O) groups is 3. The van der Waals surface area contributed by atoms with Gasteiger partial charge >= 0.3 is 5.97 Å². The van der Waals surface area contributed by atoms with Gasteiger partial charge in [0.25, 0.3) is 5.91 Å². The van der Waals surface area contributed by atoms with Gasteiger partial charge in [0.1, 0.15) is 0 Å². The highest BCUT2D eigenvalue weighted by Gasteiger charge is 2.24. The van der Waals surface area contributed by atoms with Gasteiger partial charge in [0.05, 0.1) is 12.1 Å². The topological polar surface area (TPSA) is 75.7 Å². The molecular weight excluding hydrogens is 320 g/mol. The molecule has 0 aromatic heterocycles. The lowest BCUT2D eigenvalue weighted by atomic mass is 10.1. The maximum absolute atomic E-state index is 12.1. The van der Waals surface area contributed by atoms with Gasteiger partial charge < -0.3 is 15.0 Å². The van der Waals surface area contributed by atoms with Gasteiger partial charge in [0, 0.05) is 13.1 Å². The Balaban J connectivity index is 1.51. The molecular formula is C19H20N2O4. The lowest BCUT2D eigenvalue weighted by molar-refractivity contribution is -0.137. The van der Waals surface area contributed by atoms with Crippen molar-refractivity contribution in [1.82, 2.24) is 10.2 Å². The molecule has 0 heterocycles. The number of amides is 2. The lowest BCUT2D eigenvalue weighted by Gasteiger charge is -2.16. The molecule has 0 bridgehead atoms. The molecule has 6 heteroatoms. The maximum atomic E-state index is 12.1. The molecule has 0 saturated heterocycles. The van der Waals surface area contributed by atoms with Gasteiger partial charge in [-0.25, -0.2) is 4.79 Å². The fraction of sp³-hybridized carbons (Fsp3) is 0.316. The molecule has 25 heavy (non-hydrogen) atoms. The van der Waals surface area contributed by atoms with Crippen LogP contribution in [-0.2, 0) is 14.3 Å². The van der Waals surface area contributed by atoms with Crippen LogP contribution in [0.5, 0.6) is 0 Å². The molecule has 1 fully saturated rings. The second kappa shape index (κ2) is 7.34. The number of likely N-dealkylation sites (N-methyl/N-ethyl adjacent to an activating group) is 1. The van der Waals surface area contributed by atoms with Crippen molar-refractivity contribution in [1.29, 1.82) is 0 Å². The van der Waals surface area contributed by atoms with Crippen LogP contribution in [0.15, 0.2) is 42.5 Å². The van der Waals surface area contributed by atoms with Crippen LogP contribution in [0.25, 0.3) is 10.8 Å². The van der Waals surface area contributed by atoms with Crippen molar-refractivity contribution in [2.45, 2.75) is 18.9 Å². The first kappa shape index (κ1) is 17.0. The van der Waals surface area contributed by atoms with Crippen LogP contribution in [0.3, 0.4) is 0 Å². The predicted molar refractivity (Wildman–Crippen MR) is 93.0 cm³/mol. The lowest BCUT2D eigenvalue weighted by Crippen LogP contribution is -2.40. The van der Waals surface area contributed by atoms with Gasteiger partial charge in [-0.15, -0.1) is 0 Å². The van der Waals surface area contributed by atoms with Crippen molar-refractivity contribution in [3.05, 3.63) is 48.0 Å². The molecule has 0 aliphatic heterocycles. The molecule has 0 atom stereocenters.